The first kappa shape index (κ1) is 95.8. The zero-order valence-corrected chi connectivity index (χ0v) is 72.0. The summed E-state index contributed by atoms with van der Waals surface area (Å²) in [6.45, 7) is 14.8. The van der Waals surface area contributed by atoms with Gasteiger partial charge in [0.05, 0.1) is 17.0 Å². The number of benzene rings is 6. The van der Waals surface area contributed by atoms with Crippen molar-refractivity contribution in [3.8, 4) is 5.75 Å². The van der Waals surface area contributed by atoms with Crippen LogP contribution in [0.5, 0.6) is 5.75 Å². The van der Waals surface area contributed by atoms with Crippen LogP contribution in [0.4, 0.5) is 9.59 Å². The Kier molecular flexibility index (Phi) is 35.6. The summed E-state index contributed by atoms with van der Waals surface area (Å²) in [5, 5.41) is 65.1. The molecule has 1 aliphatic heterocycles. The summed E-state index contributed by atoms with van der Waals surface area (Å²) in [6.07, 6.45) is -4.26. The molecule has 18 N–H and O–H groups in total. The van der Waals surface area contributed by atoms with Gasteiger partial charge < -0.3 is 99.3 Å². The lowest BCUT2D eigenvalue weighted by Gasteiger charge is -2.36. The zero-order chi connectivity index (χ0) is 89.0. The maximum atomic E-state index is 15.4. The predicted octanol–water partition coefficient (Wildman–Crippen LogP) is 4.74. The first-order valence-corrected chi connectivity index (χ1v) is 43.4. The van der Waals surface area contributed by atoms with E-state index in [1.807, 2.05) is 91.0 Å². The van der Waals surface area contributed by atoms with Crippen LogP contribution in [-0.4, -0.2) is 211 Å². The Hall–Kier alpha value is -11.7. The molecule has 1 aliphatic rings. The molecule has 32 nitrogen and oxygen atoms in total. The molecule has 13 amide bonds. The van der Waals surface area contributed by atoms with Crippen LogP contribution in [0.3, 0.4) is 0 Å². The number of ether oxygens (including phenoxy) is 2. The molecule has 0 unspecified atom stereocenters. The number of aliphatic hydroxyl groups is 2. The molecule has 35 heteroatoms. The van der Waals surface area contributed by atoms with E-state index >= 15 is 19.2 Å². The van der Waals surface area contributed by atoms with E-state index in [9.17, 15) is 58.5 Å². The SMILES string of the molecule is C[C@H](NC(=O)[C@H](C)NC(=O)[C@@H](NC(=O)[C@@H]1CSSC[C@H](NC(=O)[C@@H](Cc2ccccc2)NC(=O)OC(C)(C)C)C(=O)N[C@@H](Cc2ccc(O)cc2)C(=O)N[C@H](Cc2c[nH]c3ccccc23)C(=O)N[C@@H](CCCCNC(=O)OC(C)(C)C)C(=O)N[C@@H]([C@@H](C)O)C(=O)N1)[C@@H](C)O)C(=O)N[C@@H](CSC(c1ccccc1)(c1ccccc1)c1ccccc1)C(N)=O. The van der Waals surface area contributed by atoms with Crippen molar-refractivity contribution in [3.63, 3.8) is 0 Å². The second kappa shape index (κ2) is 45.3. The van der Waals surface area contributed by atoms with Gasteiger partial charge in [-0.25, -0.2) is 9.59 Å². The van der Waals surface area contributed by atoms with Crippen molar-refractivity contribution in [3.05, 3.63) is 209 Å². The van der Waals surface area contributed by atoms with Crippen LogP contribution in [0.15, 0.2) is 176 Å². The number of nitrogens with one attached hydrogen (secondary N) is 13. The van der Waals surface area contributed by atoms with Crippen molar-refractivity contribution in [1.29, 1.82) is 0 Å². The summed E-state index contributed by atoms with van der Waals surface area (Å²) in [4.78, 5) is 191. The molecular formula is C87H110N14O18S3. The Morgan fingerprint density at radius 1 is 0.525 bits per heavy atom. The van der Waals surface area contributed by atoms with Crippen LogP contribution in [0.2, 0.25) is 0 Å². The number of alkyl carbamates (subject to hydrolysis) is 2. The third-order valence-corrected chi connectivity index (χ3v) is 23.4. The van der Waals surface area contributed by atoms with E-state index in [0.29, 0.717) is 27.6 Å². The van der Waals surface area contributed by atoms with Crippen LogP contribution < -0.4 is 69.5 Å². The molecule has 13 atom stereocenters. The molecular weight excluding hydrogens is 1630 g/mol. The minimum absolute atomic E-state index is 0.0290. The molecule has 6 aromatic carbocycles. The lowest BCUT2D eigenvalue weighted by atomic mass is 9.84. The van der Waals surface area contributed by atoms with Crippen molar-refractivity contribution < 1.29 is 87.1 Å². The van der Waals surface area contributed by atoms with Crippen LogP contribution in [-0.2, 0) is 86.2 Å². The topological polar surface area (TPSA) is 487 Å². The average molecular weight is 1740 g/mol. The van der Waals surface area contributed by atoms with E-state index in [0.717, 1.165) is 52.1 Å². The lowest BCUT2D eigenvalue weighted by molar-refractivity contribution is -0.137. The van der Waals surface area contributed by atoms with Gasteiger partial charge >= 0.3 is 12.2 Å². The number of hydrogen-bond donors (Lipinski definition) is 17. The average Bonchev–Trinajstić information content (AvgIpc) is 0.883. The smallest absolute Gasteiger partial charge is 0.408 e. The summed E-state index contributed by atoms with van der Waals surface area (Å²) >= 11 is 1.36. The fraction of sp³-hybridized carbons (Fsp3) is 0.414. The quantitative estimate of drug-likeness (QED) is 0.0158. The summed E-state index contributed by atoms with van der Waals surface area (Å²) < 4.78 is 10.0. The van der Waals surface area contributed by atoms with Gasteiger partial charge in [-0.3, -0.25) is 52.7 Å². The summed E-state index contributed by atoms with van der Waals surface area (Å²) in [6, 6.07) is 32.4. The molecule has 0 spiro atoms. The van der Waals surface area contributed by atoms with Gasteiger partial charge in [0.25, 0.3) is 0 Å². The van der Waals surface area contributed by atoms with Crippen LogP contribution in [0.25, 0.3) is 10.9 Å². The minimum atomic E-state index is -1.95. The fourth-order valence-electron chi connectivity index (χ4n) is 13.1. The van der Waals surface area contributed by atoms with Gasteiger partial charge in [-0.15, -0.1) is 11.8 Å². The second-order valence-corrected chi connectivity index (χ2v) is 35.4. The molecule has 0 aliphatic carbocycles. The van der Waals surface area contributed by atoms with E-state index in [1.54, 1.807) is 102 Å². The van der Waals surface area contributed by atoms with Gasteiger partial charge in [0.15, 0.2) is 0 Å². The second-order valence-electron chi connectivity index (χ2n) is 31.6. The van der Waals surface area contributed by atoms with Crippen molar-refractivity contribution >= 4 is 121 Å². The third kappa shape index (κ3) is 29.0. The number of carbonyl (C=O) groups is 13. The number of nitrogens with two attached hydrogens (primary N) is 1. The van der Waals surface area contributed by atoms with Gasteiger partial charge in [-0.2, -0.15) is 0 Å². The zero-order valence-electron chi connectivity index (χ0n) is 69.6. The molecule has 1 saturated heterocycles. The number of aromatic nitrogens is 1. The number of phenolic OH excluding ortho intramolecular Hbond substituents is 1. The number of phenols is 1. The number of hydrogen-bond acceptors (Lipinski definition) is 21. The van der Waals surface area contributed by atoms with E-state index in [1.165, 1.54) is 49.9 Å². The van der Waals surface area contributed by atoms with Gasteiger partial charge in [-0.05, 0) is 140 Å². The molecule has 0 bridgehead atoms. The molecule has 1 aromatic heterocycles. The van der Waals surface area contributed by atoms with Gasteiger partial charge in [0.1, 0.15) is 83.4 Å². The maximum absolute atomic E-state index is 15.4. The number of H-pyrrole nitrogens is 1. The van der Waals surface area contributed by atoms with Crippen molar-refractivity contribution in [2.24, 2.45) is 5.73 Å². The monoisotopic (exact) mass is 1730 g/mol. The minimum Gasteiger partial charge on any atom is -0.508 e. The van der Waals surface area contributed by atoms with Gasteiger partial charge in [0, 0.05) is 60.2 Å². The molecule has 8 rings (SSSR count). The number of aromatic hydroxyl groups is 1. The Morgan fingerprint density at radius 3 is 1.60 bits per heavy atom. The number of para-hydroxylation sites is 1. The van der Waals surface area contributed by atoms with Crippen molar-refractivity contribution in [2.45, 2.75) is 202 Å². The first-order chi connectivity index (χ1) is 57.9. The molecule has 122 heavy (non-hydrogen) atoms. The summed E-state index contributed by atoms with van der Waals surface area (Å²) in [5.41, 5.74) is 8.86. The normalized spacial score (nSPS) is 19.0. The molecule has 1 fully saturated rings. The standard InChI is InChI=1S/C87H110N14O18S3/c1-50(73(106)91-51(2)74(107)96-67(72(88)105)47-120-87(57-29-17-12-18-30-57,58-31-19-13-20-32-58)59-33-21-14-22-34-59)92-81(114)70(52(3)102)101-80(113)69-49-122-121-48-68(97-77(110)65(43-54-27-15-11-16-28-54)99-84(117)119-86(8,9)10)79(112)94-64(44-55-38-40-60(104)41-39-55)76(109)95-66(45-56-46-90-62-36-24-23-35-61(56)62)78(111)93-63(75(108)100-71(53(4)103)82(115)98-69)37-25-26-42-89-83(116)118-85(5,6)7/h11-24,27-36,38-41,46,50-53,63-71,90,102-104H,25-26,37,42-45,47-49H2,1-10H3,(H2,88,105)(H,89,116)(H,91,106)(H,92,114)(H,93,111)(H,94,112)(H,95,109)(H,96,107)(H,97,110)(H,98,115)(H,99,117)(H,100,108)(H,101,113)/t50-,51-,52+,53+,63-,64-,65+,66+,67-,68-,69-,70-,71-/m0/s1. The number of carbonyl (C=O) groups excluding carboxylic acids is 13. The van der Waals surface area contributed by atoms with Crippen molar-refractivity contribution in [1.82, 2.24) is 68.8 Å². The number of fused-ring (bicyclic) bond motifs is 1. The largest absolute Gasteiger partial charge is 0.508 e. The van der Waals surface area contributed by atoms with Crippen LogP contribution in [0, 0.1) is 0 Å². The highest BCUT2D eigenvalue weighted by molar-refractivity contribution is 8.76. The fourth-order valence-corrected chi connectivity index (χ4v) is 17.0. The highest BCUT2D eigenvalue weighted by Crippen LogP contribution is 2.49. The first-order valence-electron chi connectivity index (χ1n) is 40.0. The highest BCUT2D eigenvalue weighted by atomic mass is 33.1. The molecule has 654 valence electrons. The number of primary amides is 1. The van der Waals surface area contributed by atoms with E-state index in [4.69, 9.17) is 15.2 Å². The number of amides is 13. The van der Waals surface area contributed by atoms with E-state index < -0.39 is 183 Å². The third-order valence-electron chi connectivity index (χ3n) is 19.4. The van der Waals surface area contributed by atoms with Crippen LogP contribution in [0.1, 0.15) is 122 Å². The number of thioether (sulfide) groups is 1. The highest BCUT2D eigenvalue weighted by Gasteiger charge is 2.42. The molecule has 2 heterocycles. The number of aromatic amines is 1. The van der Waals surface area contributed by atoms with E-state index in [2.05, 4.69) is 68.8 Å². The molecule has 0 radical (unpaired) electrons. The summed E-state index contributed by atoms with van der Waals surface area (Å²) in [5.74, 6) is -12.2. The molecule has 0 saturated carbocycles. The van der Waals surface area contributed by atoms with Crippen LogP contribution >= 0.6 is 33.3 Å². The van der Waals surface area contributed by atoms with E-state index in [-0.39, 0.29) is 56.6 Å². The Labute approximate surface area is 720 Å². The molecule has 7 aromatic rings. The summed E-state index contributed by atoms with van der Waals surface area (Å²) in [7, 11) is 1.66. The Balaban J connectivity index is 1.09. The predicted molar refractivity (Wildman–Crippen MR) is 465 cm³/mol. The Bertz CT molecular complexity index is 4640. The number of unbranched alkanes of at least 4 members (excludes halogenated alkanes) is 1. The Morgan fingerprint density at radius 2 is 1.03 bits per heavy atom. The van der Waals surface area contributed by atoms with Gasteiger partial charge in [-0.1, -0.05) is 173 Å². The maximum Gasteiger partial charge on any atom is 0.408 e. The number of rotatable bonds is 31. The lowest BCUT2D eigenvalue weighted by Crippen LogP contribution is -2.63. The van der Waals surface area contributed by atoms with Crippen molar-refractivity contribution in [2.75, 3.05) is 23.8 Å². The number of aliphatic hydroxyl groups excluding tert-OH is 2. The van der Waals surface area contributed by atoms with Gasteiger partial charge in [0.2, 0.25) is 65.0 Å².